The summed E-state index contributed by atoms with van der Waals surface area (Å²) in [5, 5.41) is 11.7. The molecule has 1 atom stereocenters. The number of carbonyl (C=O) groups excluding carboxylic acids is 1. The van der Waals surface area contributed by atoms with E-state index in [2.05, 4.69) is 44.0 Å². The van der Waals surface area contributed by atoms with Crippen molar-refractivity contribution in [3.63, 3.8) is 0 Å². The van der Waals surface area contributed by atoms with Crippen LogP contribution in [0.5, 0.6) is 0 Å². The van der Waals surface area contributed by atoms with E-state index in [1.54, 1.807) is 7.11 Å². The van der Waals surface area contributed by atoms with E-state index in [1.165, 1.54) is 9.75 Å². The van der Waals surface area contributed by atoms with Crippen LogP contribution in [0.25, 0.3) is 0 Å². The highest BCUT2D eigenvalue weighted by molar-refractivity contribution is 7.11. The van der Waals surface area contributed by atoms with Crippen LogP contribution < -0.4 is 5.32 Å². The number of carbonyl (C=O) groups is 1. The molecule has 7 nitrogen and oxygen atoms in total. The number of aryl methyl sites for hydroxylation is 1. The average Bonchev–Trinajstić information content (AvgIpc) is 3.16. The van der Waals surface area contributed by atoms with E-state index in [-0.39, 0.29) is 11.9 Å². The van der Waals surface area contributed by atoms with Crippen molar-refractivity contribution in [3.05, 3.63) is 33.5 Å². The summed E-state index contributed by atoms with van der Waals surface area (Å²) in [6, 6.07) is 4.24. The van der Waals surface area contributed by atoms with Gasteiger partial charge < -0.3 is 14.6 Å². The van der Waals surface area contributed by atoms with Crippen LogP contribution >= 0.6 is 11.3 Å². The number of hydrogen-bond acceptors (Lipinski definition) is 6. The highest BCUT2D eigenvalue weighted by Gasteiger charge is 2.22. The molecule has 1 aliphatic rings. The van der Waals surface area contributed by atoms with Crippen molar-refractivity contribution in [2.24, 2.45) is 0 Å². The largest absolute Gasteiger partial charge is 0.384 e. The molecule has 0 spiro atoms. The van der Waals surface area contributed by atoms with E-state index < -0.39 is 0 Å². The lowest BCUT2D eigenvalue weighted by Crippen LogP contribution is -2.30. The Morgan fingerprint density at radius 2 is 2.19 bits per heavy atom. The Morgan fingerprint density at radius 3 is 2.92 bits per heavy atom. The predicted octanol–water partition coefficient (Wildman–Crippen LogP) is 1.92. The summed E-state index contributed by atoms with van der Waals surface area (Å²) in [7, 11) is 1.60. The maximum atomic E-state index is 11.9. The Hall–Kier alpha value is -1.77. The van der Waals surface area contributed by atoms with E-state index in [4.69, 9.17) is 4.74 Å². The van der Waals surface area contributed by atoms with Crippen LogP contribution in [-0.2, 0) is 29.0 Å². The van der Waals surface area contributed by atoms with Crippen LogP contribution in [0.3, 0.4) is 0 Å². The normalized spacial score (nSPS) is 16.1. The van der Waals surface area contributed by atoms with Crippen LogP contribution in [0.2, 0.25) is 0 Å². The molecule has 0 saturated heterocycles. The molecule has 0 aliphatic carbocycles. The van der Waals surface area contributed by atoms with Gasteiger partial charge in [0.15, 0.2) is 5.82 Å². The van der Waals surface area contributed by atoms with Gasteiger partial charge in [0.2, 0.25) is 5.91 Å². The van der Waals surface area contributed by atoms with Gasteiger partial charge in [-0.25, -0.2) is 0 Å². The summed E-state index contributed by atoms with van der Waals surface area (Å²) in [5.74, 6) is 1.81. The molecule has 0 radical (unpaired) electrons. The minimum absolute atomic E-state index is 0.0278. The first-order chi connectivity index (χ1) is 12.6. The summed E-state index contributed by atoms with van der Waals surface area (Å²) in [4.78, 5) is 17.2. The molecular formula is C18H27N5O2S. The lowest BCUT2D eigenvalue weighted by atomic mass is 10.3. The summed E-state index contributed by atoms with van der Waals surface area (Å²) in [5.41, 5.74) is 0. The van der Waals surface area contributed by atoms with Gasteiger partial charge in [0.25, 0.3) is 0 Å². The maximum absolute atomic E-state index is 11.9. The molecular weight excluding hydrogens is 350 g/mol. The highest BCUT2D eigenvalue weighted by atomic mass is 32.1. The standard InChI is InChI=1S/C18H27N5O2S/c1-13-4-5-15(26-13)12-22-8-6-16-20-21-18(23(16)10-9-22)14(2)19-17(24)7-11-25-3/h4-5,14H,6-12H2,1-3H3,(H,19,24). The van der Waals surface area contributed by atoms with Crippen LogP contribution in [0, 0.1) is 6.92 Å². The maximum Gasteiger partial charge on any atom is 0.222 e. The number of fused-ring (bicyclic) bond motifs is 1. The molecule has 0 saturated carbocycles. The van der Waals surface area contributed by atoms with Crippen LogP contribution in [0.1, 0.15) is 40.8 Å². The molecule has 2 aromatic heterocycles. The van der Waals surface area contributed by atoms with E-state index in [0.717, 1.165) is 44.2 Å². The minimum Gasteiger partial charge on any atom is -0.384 e. The SMILES string of the molecule is COCCC(=O)NC(C)c1nnc2n1CCN(Cc1ccc(C)s1)CC2. The third-order valence-electron chi connectivity index (χ3n) is 4.62. The summed E-state index contributed by atoms with van der Waals surface area (Å²) in [6.45, 7) is 8.29. The molecule has 1 aliphatic heterocycles. The van der Waals surface area contributed by atoms with Crippen LogP contribution in [0.15, 0.2) is 12.1 Å². The van der Waals surface area contributed by atoms with Crippen molar-refractivity contribution in [2.45, 2.75) is 45.8 Å². The monoisotopic (exact) mass is 377 g/mol. The first kappa shape index (κ1) is 19.0. The number of ether oxygens (including phenoxy) is 1. The Balaban J connectivity index is 1.61. The number of rotatable bonds is 7. The third kappa shape index (κ3) is 4.69. The molecule has 2 aromatic rings. The molecule has 1 N–H and O–H groups in total. The Kier molecular flexibility index (Phi) is 6.39. The van der Waals surface area contributed by atoms with Gasteiger partial charge in [-0.05, 0) is 26.0 Å². The van der Waals surface area contributed by atoms with Crippen molar-refractivity contribution in [1.29, 1.82) is 0 Å². The van der Waals surface area contributed by atoms with Crippen molar-refractivity contribution in [1.82, 2.24) is 25.0 Å². The molecule has 0 fully saturated rings. The molecule has 8 heteroatoms. The van der Waals surface area contributed by atoms with E-state index in [0.29, 0.717) is 13.0 Å². The summed E-state index contributed by atoms with van der Waals surface area (Å²) >= 11 is 1.86. The lowest BCUT2D eigenvalue weighted by molar-refractivity contribution is -0.122. The fourth-order valence-electron chi connectivity index (χ4n) is 3.23. The zero-order valence-electron chi connectivity index (χ0n) is 15.7. The fourth-order valence-corrected chi connectivity index (χ4v) is 4.16. The summed E-state index contributed by atoms with van der Waals surface area (Å²) < 4.78 is 7.12. The van der Waals surface area contributed by atoms with Gasteiger partial charge in [0.05, 0.1) is 12.6 Å². The zero-order chi connectivity index (χ0) is 18.5. The topological polar surface area (TPSA) is 72.3 Å². The number of aromatic nitrogens is 3. The van der Waals surface area contributed by atoms with Crippen molar-refractivity contribution >= 4 is 17.2 Å². The molecule has 3 heterocycles. The van der Waals surface area contributed by atoms with Gasteiger partial charge in [0, 0.05) is 55.9 Å². The number of hydrogen-bond donors (Lipinski definition) is 1. The van der Waals surface area contributed by atoms with Gasteiger partial charge in [0.1, 0.15) is 5.82 Å². The first-order valence-electron chi connectivity index (χ1n) is 9.04. The Labute approximate surface area is 158 Å². The second kappa shape index (κ2) is 8.75. The molecule has 3 rings (SSSR count). The molecule has 142 valence electrons. The van der Waals surface area contributed by atoms with Crippen molar-refractivity contribution < 1.29 is 9.53 Å². The van der Waals surface area contributed by atoms with Gasteiger partial charge in [-0.2, -0.15) is 0 Å². The van der Waals surface area contributed by atoms with E-state index in [9.17, 15) is 4.79 Å². The van der Waals surface area contributed by atoms with Gasteiger partial charge >= 0.3 is 0 Å². The van der Waals surface area contributed by atoms with Gasteiger partial charge in [-0.15, -0.1) is 21.5 Å². The average molecular weight is 378 g/mol. The Morgan fingerprint density at radius 1 is 1.35 bits per heavy atom. The quantitative estimate of drug-likeness (QED) is 0.798. The fraction of sp³-hybridized carbons (Fsp3) is 0.611. The number of methoxy groups -OCH3 is 1. The van der Waals surface area contributed by atoms with Crippen molar-refractivity contribution in [2.75, 3.05) is 26.8 Å². The number of thiophene rings is 1. The molecule has 0 aromatic carbocycles. The van der Waals surface area contributed by atoms with Gasteiger partial charge in [-0.1, -0.05) is 0 Å². The molecule has 26 heavy (non-hydrogen) atoms. The lowest BCUT2D eigenvalue weighted by Gasteiger charge is -2.19. The molecule has 1 amide bonds. The second-order valence-electron chi connectivity index (χ2n) is 6.70. The highest BCUT2D eigenvalue weighted by Crippen LogP contribution is 2.20. The van der Waals surface area contributed by atoms with Gasteiger partial charge in [-0.3, -0.25) is 9.69 Å². The summed E-state index contributed by atoms with van der Waals surface area (Å²) in [6.07, 6.45) is 1.23. The Bertz CT molecular complexity index is 742. The van der Waals surface area contributed by atoms with Crippen LogP contribution in [0.4, 0.5) is 0 Å². The van der Waals surface area contributed by atoms with Crippen LogP contribution in [-0.4, -0.2) is 52.4 Å². The van der Waals surface area contributed by atoms with E-state index in [1.807, 2.05) is 18.3 Å². The number of nitrogens with zero attached hydrogens (tertiary/aromatic N) is 4. The smallest absolute Gasteiger partial charge is 0.222 e. The minimum atomic E-state index is -0.160. The zero-order valence-corrected chi connectivity index (χ0v) is 16.5. The second-order valence-corrected chi connectivity index (χ2v) is 8.07. The number of amides is 1. The predicted molar refractivity (Wildman–Crippen MR) is 101 cm³/mol. The van der Waals surface area contributed by atoms with Crippen molar-refractivity contribution in [3.8, 4) is 0 Å². The third-order valence-corrected chi connectivity index (χ3v) is 5.61. The molecule has 1 unspecified atom stereocenters. The first-order valence-corrected chi connectivity index (χ1v) is 9.86. The molecule has 0 bridgehead atoms. The van der Waals surface area contributed by atoms with E-state index >= 15 is 0 Å². The number of nitrogens with one attached hydrogen (secondary N) is 1.